The number of hydrogen-bond acceptors (Lipinski definition) is 2. The predicted molar refractivity (Wildman–Crippen MR) is 64.5 cm³/mol. The molecule has 0 aliphatic carbocycles. The first-order valence-electron chi connectivity index (χ1n) is 6.10. The van der Waals surface area contributed by atoms with E-state index in [4.69, 9.17) is 5.73 Å². The molecule has 0 fully saturated rings. The van der Waals surface area contributed by atoms with E-state index >= 15 is 0 Å². The van der Waals surface area contributed by atoms with Crippen LogP contribution in [-0.4, -0.2) is 31.1 Å². The monoisotopic (exact) mass is 200 g/mol. The van der Waals surface area contributed by atoms with E-state index in [2.05, 4.69) is 32.6 Å². The van der Waals surface area contributed by atoms with Crippen molar-refractivity contribution < 1.29 is 0 Å². The molecule has 0 radical (unpaired) electrons. The van der Waals surface area contributed by atoms with Gasteiger partial charge in [0.05, 0.1) is 0 Å². The highest BCUT2D eigenvalue weighted by atomic mass is 15.1. The van der Waals surface area contributed by atoms with Crippen molar-refractivity contribution in [2.24, 2.45) is 11.1 Å². The third kappa shape index (κ3) is 3.97. The Morgan fingerprint density at radius 2 is 1.64 bits per heavy atom. The summed E-state index contributed by atoms with van der Waals surface area (Å²) in [5.41, 5.74) is 6.25. The predicted octanol–water partition coefficient (Wildman–Crippen LogP) is 2.48. The van der Waals surface area contributed by atoms with Crippen LogP contribution in [0.1, 0.15) is 47.0 Å². The van der Waals surface area contributed by atoms with Crippen LogP contribution >= 0.6 is 0 Å². The first-order valence-corrected chi connectivity index (χ1v) is 6.10. The van der Waals surface area contributed by atoms with Crippen molar-refractivity contribution >= 4 is 0 Å². The van der Waals surface area contributed by atoms with E-state index in [9.17, 15) is 0 Å². The molecule has 2 nitrogen and oxygen atoms in total. The van der Waals surface area contributed by atoms with E-state index in [0.717, 1.165) is 13.1 Å². The Hall–Kier alpha value is -0.0800. The average Bonchev–Trinajstić information content (AvgIpc) is 2.25. The fourth-order valence-electron chi connectivity index (χ4n) is 1.97. The van der Waals surface area contributed by atoms with E-state index in [1.165, 1.54) is 32.4 Å². The molecular formula is C12H28N2. The van der Waals surface area contributed by atoms with Crippen molar-refractivity contribution in [1.82, 2.24) is 4.90 Å². The van der Waals surface area contributed by atoms with Gasteiger partial charge in [0, 0.05) is 6.54 Å². The maximum Gasteiger partial charge on any atom is 0.00497 e. The lowest BCUT2D eigenvalue weighted by Crippen LogP contribution is -2.42. The maximum atomic E-state index is 5.90. The SMILES string of the molecule is CCCN(CC)CC(CC)(CC)CN. The lowest BCUT2D eigenvalue weighted by molar-refractivity contribution is 0.149. The molecule has 2 N–H and O–H groups in total. The summed E-state index contributed by atoms with van der Waals surface area (Å²) in [5.74, 6) is 0. The molecule has 0 spiro atoms. The van der Waals surface area contributed by atoms with Gasteiger partial charge in [-0.15, -0.1) is 0 Å². The van der Waals surface area contributed by atoms with Crippen LogP contribution in [0.2, 0.25) is 0 Å². The second kappa shape index (κ2) is 7.24. The molecular weight excluding hydrogens is 172 g/mol. The molecule has 0 atom stereocenters. The van der Waals surface area contributed by atoms with Gasteiger partial charge in [0.15, 0.2) is 0 Å². The third-order valence-electron chi connectivity index (χ3n) is 3.48. The minimum absolute atomic E-state index is 0.352. The van der Waals surface area contributed by atoms with E-state index in [1.54, 1.807) is 0 Å². The first kappa shape index (κ1) is 13.9. The number of hydrogen-bond donors (Lipinski definition) is 1. The van der Waals surface area contributed by atoms with Gasteiger partial charge < -0.3 is 10.6 Å². The zero-order valence-electron chi connectivity index (χ0n) is 10.5. The summed E-state index contributed by atoms with van der Waals surface area (Å²) in [5, 5.41) is 0. The Labute approximate surface area is 89.9 Å². The summed E-state index contributed by atoms with van der Waals surface area (Å²) in [4.78, 5) is 2.53. The molecule has 0 rings (SSSR count). The Morgan fingerprint density at radius 1 is 1.07 bits per heavy atom. The van der Waals surface area contributed by atoms with Crippen molar-refractivity contribution in [3.8, 4) is 0 Å². The highest BCUT2D eigenvalue weighted by Crippen LogP contribution is 2.26. The maximum absolute atomic E-state index is 5.90. The standard InChI is InChI=1S/C12H28N2/c1-5-9-14(8-4)11-12(6-2,7-3)10-13/h5-11,13H2,1-4H3. The van der Waals surface area contributed by atoms with E-state index in [-0.39, 0.29) is 0 Å². The van der Waals surface area contributed by atoms with Crippen LogP contribution in [0.3, 0.4) is 0 Å². The Bertz CT molecular complexity index is 122. The van der Waals surface area contributed by atoms with Gasteiger partial charge in [0.25, 0.3) is 0 Å². The summed E-state index contributed by atoms with van der Waals surface area (Å²) < 4.78 is 0. The zero-order valence-corrected chi connectivity index (χ0v) is 10.5. The van der Waals surface area contributed by atoms with Gasteiger partial charge in [0.1, 0.15) is 0 Å². The van der Waals surface area contributed by atoms with E-state index in [1.807, 2.05) is 0 Å². The number of rotatable bonds is 8. The van der Waals surface area contributed by atoms with Gasteiger partial charge in [-0.3, -0.25) is 0 Å². The summed E-state index contributed by atoms with van der Waals surface area (Å²) in [6, 6.07) is 0. The highest BCUT2D eigenvalue weighted by Gasteiger charge is 2.26. The minimum Gasteiger partial charge on any atom is -0.330 e. The molecule has 86 valence electrons. The fourth-order valence-corrected chi connectivity index (χ4v) is 1.97. The lowest BCUT2D eigenvalue weighted by atomic mass is 9.82. The minimum atomic E-state index is 0.352. The van der Waals surface area contributed by atoms with Gasteiger partial charge in [-0.1, -0.05) is 27.7 Å². The highest BCUT2D eigenvalue weighted by molar-refractivity contribution is 4.81. The molecule has 0 saturated heterocycles. The molecule has 0 unspecified atom stereocenters. The van der Waals surface area contributed by atoms with Crippen LogP contribution in [0.25, 0.3) is 0 Å². The molecule has 0 aliphatic rings. The van der Waals surface area contributed by atoms with Crippen molar-refractivity contribution in [3.05, 3.63) is 0 Å². The Morgan fingerprint density at radius 3 is 1.93 bits per heavy atom. The summed E-state index contributed by atoms with van der Waals surface area (Å²) in [6.07, 6.45) is 3.63. The van der Waals surface area contributed by atoms with Crippen LogP contribution in [0.4, 0.5) is 0 Å². The molecule has 0 aromatic carbocycles. The molecule has 0 amide bonds. The van der Waals surface area contributed by atoms with Gasteiger partial charge in [-0.2, -0.15) is 0 Å². The quantitative estimate of drug-likeness (QED) is 0.652. The van der Waals surface area contributed by atoms with E-state index < -0.39 is 0 Å². The topological polar surface area (TPSA) is 29.3 Å². The van der Waals surface area contributed by atoms with Crippen molar-refractivity contribution in [2.45, 2.75) is 47.0 Å². The van der Waals surface area contributed by atoms with Crippen LogP contribution < -0.4 is 5.73 Å². The van der Waals surface area contributed by atoms with Gasteiger partial charge in [-0.05, 0) is 44.3 Å². The largest absolute Gasteiger partial charge is 0.330 e. The molecule has 2 heteroatoms. The van der Waals surface area contributed by atoms with Crippen LogP contribution in [0.5, 0.6) is 0 Å². The molecule has 0 aliphatic heterocycles. The molecule has 0 heterocycles. The zero-order chi connectivity index (χ0) is 11.0. The fraction of sp³-hybridized carbons (Fsp3) is 1.00. The third-order valence-corrected chi connectivity index (χ3v) is 3.48. The smallest absolute Gasteiger partial charge is 0.00497 e. The van der Waals surface area contributed by atoms with Gasteiger partial charge in [-0.25, -0.2) is 0 Å². The second-order valence-electron chi connectivity index (χ2n) is 4.28. The lowest BCUT2D eigenvalue weighted by Gasteiger charge is -2.35. The van der Waals surface area contributed by atoms with Crippen LogP contribution in [-0.2, 0) is 0 Å². The van der Waals surface area contributed by atoms with Crippen molar-refractivity contribution in [2.75, 3.05) is 26.2 Å². The van der Waals surface area contributed by atoms with Crippen molar-refractivity contribution in [1.29, 1.82) is 0 Å². The number of nitrogens with zero attached hydrogens (tertiary/aromatic N) is 1. The van der Waals surface area contributed by atoms with Crippen LogP contribution in [0, 0.1) is 5.41 Å². The summed E-state index contributed by atoms with van der Waals surface area (Å²) in [6.45, 7) is 13.3. The normalized spacial score (nSPS) is 12.4. The molecule has 0 bridgehead atoms. The number of nitrogens with two attached hydrogens (primary N) is 1. The molecule has 0 aromatic rings. The Balaban J connectivity index is 4.24. The van der Waals surface area contributed by atoms with Crippen molar-refractivity contribution in [3.63, 3.8) is 0 Å². The van der Waals surface area contributed by atoms with Gasteiger partial charge in [0.2, 0.25) is 0 Å². The van der Waals surface area contributed by atoms with E-state index in [0.29, 0.717) is 5.41 Å². The van der Waals surface area contributed by atoms with Crippen LogP contribution in [0.15, 0.2) is 0 Å². The second-order valence-corrected chi connectivity index (χ2v) is 4.28. The molecule has 0 aromatic heterocycles. The summed E-state index contributed by atoms with van der Waals surface area (Å²) >= 11 is 0. The Kier molecular flexibility index (Phi) is 7.20. The summed E-state index contributed by atoms with van der Waals surface area (Å²) in [7, 11) is 0. The van der Waals surface area contributed by atoms with Gasteiger partial charge >= 0.3 is 0 Å². The average molecular weight is 200 g/mol. The first-order chi connectivity index (χ1) is 6.67. The molecule has 14 heavy (non-hydrogen) atoms. The molecule has 0 saturated carbocycles.